The lowest BCUT2D eigenvalue weighted by atomic mass is 10.3. The van der Waals surface area contributed by atoms with Crippen LogP contribution in [-0.2, 0) is 9.53 Å². The lowest BCUT2D eigenvalue weighted by molar-refractivity contribution is -0.136. The molecule has 15 heavy (non-hydrogen) atoms. The highest BCUT2D eigenvalue weighted by molar-refractivity contribution is 7.98. The fourth-order valence-electron chi connectivity index (χ4n) is 1.07. The highest BCUT2D eigenvalue weighted by Gasteiger charge is 2.00. The topological polar surface area (TPSA) is 38.3 Å². The molecule has 0 saturated heterocycles. The molecule has 0 aromatic heterocycles. The highest BCUT2D eigenvalue weighted by atomic mass is 32.2. The van der Waals surface area contributed by atoms with Crippen LogP contribution >= 0.6 is 11.8 Å². The first-order valence-electron chi connectivity index (χ1n) is 5.17. The number of rotatable bonds is 8. The van der Waals surface area contributed by atoms with Gasteiger partial charge in [0, 0.05) is 12.1 Å². The Balaban J connectivity index is 3.40. The second-order valence-electron chi connectivity index (χ2n) is 3.28. The fourth-order valence-corrected chi connectivity index (χ4v) is 1.56. The Hall–Kier alpha value is -0.480. The summed E-state index contributed by atoms with van der Waals surface area (Å²) in [5, 5.41) is 3.26. The van der Waals surface area contributed by atoms with Crippen LogP contribution in [0.1, 0.15) is 19.8 Å². The molecule has 0 aliphatic carbocycles. The molecule has 0 saturated carbocycles. The van der Waals surface area contributed by atoms with Gasteiger partial charge in [-0.15, -0.1) is 0 Å². The second-order valence-corrected chi connectivity index (χ2v) is 4.27. The Bertz CT molecular complexity index is 205. The summed E-state index contributed by atoms with van der Waals surface area (Å²) < 4.78 is 4.58. The number of thioether (sulfide) groups is 1. The van der Waals surface area contributed by atoms with Crippen LogP contribution in [0.5, 0.6) is 0 Å². The van der Waals surface area contributed by atoms with Crippen LogP contribution in [-0.4, -0.2) is 38.2 Å². The van der Waals surface area contributed by atoms with Crippen molar-refractivity contribution in [1.82, 2.24) is 5.32 Å². The number of hydrogen-bond donors (Lipinski definition) is 1. The number of esters is 1. The monoisotopic (exact) mass is 231 g/mol. The van der Waals surface area contributed by atoms with Crippen LogP contribution in [0.25, 0.3) is 0 Å². The Morgan fingerprint density at radius 3 is 2.80 bits per heavy atom. The largest absolute Gasteiger partial charge is 0.466 e. The van der Waals surface area contributed by atoms with Gasteiger partial charge in [-0.2, -0.15) is 11.8 Å². The molecule has 3 nitrogen and oxygen atoms in total. The van der Waals surface area contributed by atoms with Gasteiger partial charge in [-0.05, 0) is 38.3 Å². The molecule has 0 heterocycles. The third-order valence-electron chi connectivity index (χ3n) is 2.01. The number of methoxy groups -OCH3 is 1. The van der Waals surface area contributed by atoms with Gasteiger partial charge in [0.15, 0.2) is 0 Å². The van der Waals surface area contributed by atoms with E-state index in [2.05, 4.69) is 16.3 Å². The molecule has 0 unspecified atom stereocenters. The molecule has 0 amide bonds. The van der Waals surface area contributed by atoms with Gasteiger partial charge < -0.3 is 10.1 Å². The molecule has 0 aliphatic heterocycles. The van der Waals surface area contributed by atoms with Crippen molar-refractivity contribution in [3.63, 3.8) is 0 Å². The van der Waals surface area contributed by atoms with Crippen molar-refractivity contribution in [2.45, 2.75) is 19.8 Å². The molecular weight excluding hydrogens is 210 g/mol. The third kappa shape index (κ3) is 8.51. The van der Waals surface area contributed by atoms with Crippen molar-refractivity contribution in [1.29, 1.82) is 0 Å². The van der Waals surface area contributed by atoms with Crippen LogP contribution in [0.15, 0.2) is 11.6 Å². The van der Waals surface area contributed by atoms with Crippen molar-refractivity contribution in [3.05, 3.63) is 11.6 Å². The first kappa shape index (κ1) is 14.5. The molecule has 0 bridgehead atoms. The predicted octanol–water partition coefficient (Wildman–Crippen LogP) is 1.84. The summed E-state index contributed by atoms with van der Waals surface area (Å²) in [7, 11) is 1.40. The Morgan fingerprint density at radius 1 is 1.47 bits per heavy atom. The van der Waals surface area contributed by atoms with Crippen molar-refractivity contribution in [2.24, 2.45) is 0 Å². The SMILES string of the molecule is COC(=O)C(C)=CCNCCCCSC. The fraction of sp³-hybridized carbons (Fsp3) is 0.727. The van der Waals surface area contributed by atoms with Crippen molar-refractivity contribution >= 4 is 17.7 Å². The number of nitrogens with one attached hydrogen (secondary N) is 1. The summed E-state index contributed by atoms with van der Waals surface area (Å²) in [6.07, 6.45) is 6.41. The van der Waals surface area contributed by atoms with E-state index in [-0.39, 0.29) is 5.97 Å². The van der Waals surface area contributed by atoms with E-state index >= 15 is 0 Å². The molecule has 0 fully saturated rings. The minimum Gasteiger partial charge on any atom is -0.466 e. The van der Waals surface area contributed by atoms with Crippen molar-refractivity contribution < 1.29 is 9.53 Å². The van der Waals surface area contributed by atoms with Gasteiger partial charge in [0.25, 0.3) is 0 Å². The van der Waals surface area contributed by atoms with Crippen molar-refractivity contribution in [3.8, 4) is 0 Å². The van der Waals surface area contributed by atoms with E-state index in [0.717, 1.165) is 13.1 Å². The lowest BCUT2D eigenvalue weighted by Gasteiger charge is -2.02. The van der Waals surface area contributed by atoms with Gasteiger partial charge in [-0.1, -0.05) is 6.08 Å². The molecule has 0 radical (unpaired) electrons. The second kappa shape index (κ2) is 10.1. The summed E-state index contributed by atoms with van der Waals surface area (Å²) in [4.78, 5) is 11.0. The van der Waals surface area contributed by atoms with Gasteiger partial charge in [0.1, 0.15) is 0 Å². The van der Waals surface area contributed by atoms with Crippen LogP contribution in [0.3, 0.4) is 0 Å². The van der Waals surface area contributed by atoms with Crippen LogP contribution in [0.2, 0.25) is 0 Å². The number of hydrogen-bond acceptors (Lipinski definition) is 4. The van der Waals surface area contributed by atoms with Gasteiger partial charge in [-0.25, -0.2) is 4.79 Å². The van der Waals surface area contributed by atoms with Gasteiger partial charge in [0.05, 0.1) is 7.11 Å². The normalized spacial score (nSPS) is 11.5. The minimum atomic E-state index is -0.251. The third-order valence-corrected chi connectivity index (χ3v) is 2.71. The first-order chi connectivity index (χ1) is 7.22. The quantitative estimate of drug-likeness (QED) is 0.393. The molecule has 0 aliphatic rings. The zero-order valence-electron chi connectivity index (χ0n) is 9.84. The Kier molecular flexibility index (Phi) is 9.73. The summed E-state index contributed by atoms with van der Waals surface area (Å²) in [5.41, 5.74) is 0.661. The smallest absolute Gasteiger partial charge is 0.333 e. The molecule has 4 heteroatoms. The first-order valence-corrected chi connectivity index (χ1v) is 6.56. The molecule has 0 aromatic rings. The van der Waals surface area contributed by atoms with Crippen LogP contribution < -0.4 is 5.32 Å². The Labute approximate surface area is 96.6 Å². The van der Waals surface area contributed by atoms with E-state index in [9.17, 15) is 4.79 Å². The zero-order chi connectivity index (χ0) is 11.5. The standard InChI is InChI=1S/C11H21NO2S/c1-10(11(13)14-2)6-8-12-7-4-5-9-15-3/h6,12H,4-5,7-9H2,1-3H3. The van der Waals surface area contributed by atoms with Gasteiger partial charge in [0.2, 0.25) is 0 Å². The maximum atomic E-state index is 11.0. The van der Waals surface area contributed by atoms with E-state index in [1.165, 1.54) is 25.7 Å². The predicted molar refractivity (Wildman–Crippen MR) is 66.3 cm³/mol. The van der Waals surface area contributed by atoms with E-state index in [4.69, 9.17) is 0 Å². The molecule has 0 atom stereocenters. The number of unbranched alkanes of at least 4 members (excludes halogenated alkanes) is 1. The van der Waals surface area contributed by atoms with Crippen LogP contribution in [0, 0.1) is 0 Å². The van der Waals surface area contributed by atoms with E-state index < -0.39 is 0 Å². The number of carbonyl (C=O) groups excluding carboxylic acids is 1. The Morgan fingerprint density at radius 2 is 2.20 bits per heavy atom. The van der Waals surface area contributed by atoms with Crippen molar-refractivity contribution in [2.75, 3.05) is 32.2 Å². The summed E-state index contributed by atoms with van der Waals surface area (Å²) in [5.74, 6) is 0.970. The summed E-state index contributed by atoms with van der Waals surface area (Å²) >= 11 is 1.88. The average Bonchev–Trinajstić information content (AvgIpc) is 2.26. The highest BCUT2D eigenvalue weighted by Crippen LogP contribution is 1.98. The zero-order valence-corrected chi connectivity index (χ0v) is 10.7. The van der Waals surface area contributed by atoms with E-state index in [0.29, 0.717) is 5.57 Å². The van der Waals surface area contributed by atoms with Crippen LogP contribution in [0.4, 0.5) is 0 Å². The number of ether oxygens (including phenoxy) is 1. The van der Waals surface area contributed by atoms with Gasteiger partial charge in [-0.3, -0.25) is 0 Å². The summed E-state index contributed by atoms with van der Waals surface area (Å²) in [6.45, 7) is 3.51. The maximum Gasteiger partial charge on any atom is 0.333 e. The molecule has 0 rings (SSSR count). The molecule has 1 N–H and O–H groups in total. The lowest BCUT2D eigenvalue weighted by Crippen LogP contribution is -2.16. The molecule has 88 valence electrons. The van der Waals surface area contributed by atoms with Gasteiger partial charge >= 0.3 is 5.97 Å². The number of carbonyl (C=O) groups is 1. The van der Waals surface area contributed by atoms with E-state index in [1.54, 1.807) is 6.92 Å². The molecule has 0 aromatic carbocycles. The maximum absolute atomic E-state index is 11.0. The van der Waals surface area contributed by atoms with E-state index in [1.807, 2.05) is 17.8 Å². The summed E-state index contributed by atoms with van der Waals surface area (Å²) in [6, 6.07) is 0. The minimum absolute atomic E-state index is 0.251. The molecular formula is C11H21NO2S. The molecule has 0 spiro atoms. The average molecular weight is 231 g/mol.